The molecule has 1 saturated heterocycles. The summed E-state index contributed by atoms with van der Waals surface area (Å²) < 4.78 is 0. The van der Waals surface area contributed by atoms with Gasteiger partial charge in [-0.15, -0.1) is 0 Å². The maximum absolute atomic E-state index is 12.0. The van der Waals surface area contributed by atoms with Crippen molar-refractivity contribution in [3.8, 4) is 0 Å². The topological polar surface area (TPSA) is 69.6 Å². The van der Waals surface area contributed by atoms with Crippen molar-refractivity contribution in [3.63, 3.8) is 0 Å². The first-order chi connectivity index (χ1) is 9.61. The Hall–Kier alpha value is -1.88. The van der Waals surface area contributed by atoms with Crippen molar-refractivity contribution in [2.24, 2.45) is 0 Å². The van der Waals surface area contributed by atoms with E-state index in [1.165, 1.54) is 0 Å². The minimum absolute atomic E-state index is 0.0163. The molecule has 0 aromatic heterocycles. The smallest absolute Gasteiger partial charge is 0.251 e. The fourth-order valence-electron chi connectivity index (χ4n) is 2.50. The second-order valence-electron chi connectivity index (χ2n) is 5.12. The molecule has 0 unspecified atom stereocenters. The van der Waals surface area contributed by atoms with E-state index in [-0.39, 0.29) is 31.0 Å². The Labute approximate surface area is 118 Å². The van der Waals surface area contributed by atoms with Crippen LogP contribution in [0.5, 0.6) is 0 Å². The lowest BCUT2D eigenvalue weighted by Gasteiger charge is -2.23. The molecular weight excluding hydrogens is 256 g/mol. The summed E-state index contributed by atoms with van der Waals surface area (Å²) in [7, 11) is 0. The summed E-state index contributed by atoms with van der Waals surface area (Å²) >= 11 is 0. The van der Waals surface area contributed by atoms with Gasteiger partial charge in [0.05, 0.1) is 19.2 Å². The van der Waals surface area contributed by atoms with Crippen LogP contribution < -0.4 is 5.32 Å². The van der Waals surface area contributed by atoms with Crippen LogP contribution in [0.25, 0.3) is 0 Å². The van der Waals surface area contributed by atoms with Crippen LogP contribution in [0.1, 0.15) is 28.8 Å². The van der Waals surface area contributed by atoms with E-state index in [0.717, 1.165) is 18.4 Å². The van der Waals surface area contributed by atoms with Crippen LogP contribution in [0.2, 0.25) is 0 Å². The third-order valence-corrected chi connectivity index (χ3v) is 3.59. The van der Waals surface area contributed by atoms with E-state index in [1.807, 2.05) is 19.1 Å². The molecule has 1 aliphatic heterocycles. The van der Waals surface area contributed by atoms with Gasteiger partial charge in [-0.2, -0.15) is 0 Å². The Bertz CT molecular complexity index is 502. The quantitative estimate of drug-likeness (QED) is 0.851. The zero-order chi connectivity index (χ0) is 14.5. The van der Waals surface area contributed by atoms with Gasteiger partial charge in [0.15, 0.2) is 0 Å². The molecule has 1 atom stereocenters. The van der Waals surface area contributed by atoms with Gasteiger partial charge in [-0.1, -0.05) is 17.7 Å². The van der Waals surface area contributed by atoms with E-state index in [0.29, 0.717) is 12.1 Å². The monoisotopic (exact) mass is 276 g/mol. The van der Waals surface area contributed by atoms with Crippen LogP contribution in [-0.4, -0.2) is 47.6 Å². The van der Waals surface area contributed by atoms with Crippen LogP contribution in [0.3, 0.4) is 0 Å². The number of rotatable bonds is 4. The maximum Gasteiger partial charge on any atom is 0.251 e. The van der Waals surface area contributed by atoms with Crippen molar-refractivity contribution in [1.29, 1.82) is 0 Å². The minimum Gasteiger partial charge on any atom is -0.394 e. The van der Waals surface area contributed by atoms with E-state index in [1.54, 1.807) is 17.0 Å². The van der Waals surface area contributed by atoms with Gasteiger partial charge in [-0.05, 0) is 31.9 Å². The van der Waals surface area contributed by atoms with E-state index in [2.05, 4.69) is 5.32 Å². The lowest BCUT2D eigenvalue weighted by Crippen LogP contribution is -2.43. The molecule has 1 aromatic rings. The minimum atomic E-state index is -0.248. The summed E-state index contributed by atoms with van der Waals surface area (Å²) in [6, 6.07) is 7.14. The summed E-state index contributed by atoms with van der Waals surface area (Å²) in [5.41, 5.74) is 1.56. The van der Waals surface area contributed by atoms with Gasteiger partial charge < -0.3 is 15.3 Å². The van der Waals surface area contributed by atoms with Crippen molar-refractivity contribution >= 4 is 11.8 Å². The van der Waals surface area contributed by atoms with Crippen molar-refractivity contribution in [2.75, 3.05) is 19.7 Å². The van der Waals surface area contributed by atoms with Crippen LogP contribution in [0.4, 0.5) is 0 Å². The molecule has 5 heteroatoms. The molecule has 0 radical (unpaired) electrons. The van der Waals surface area contributed by atoms with E-state index in [4.69, 9.17) is 0 Å². The molecule has 20 heavy (non-hydrogen) atoms. The molecule has 1 aliphatic rings. The number of aryl methyl sites for hydroxylation is 1. The van der Waals surface area contributed by atoms with E-state index in [9.17, 15) is 14.7 Å². The Morgan fingerprint density at radius 3 is 2.95 bits per heavy atom. The highest BCUT2D eigenvalue weighted by Crippen LogP contribution is 2.16. The fraction of sp³-hybridized carbons (Fsp3) is 0.467. The molecule has 2 amide bonds. The number of nitrogens with one attached hydrogen (secondary N) is 1. The summed E-state index contributed by atoms with van der Waals surface area (Å²) in [6.45, 7) is 2.53. The van der Waals surface area contributed by atoms with Gasteiger partial charge in [0.25, 0.3) is 5.91 Å². The molecule has 1 heterocycles. The van der Waals surface area contributed by atoms with Crippen LogP contribution in [0, 0.1) is 6.92 Å². The lowest BCUT2D eigenvalue weighted by molar-refractivity contribution is -0.131. The summed E-state index contributed by atoms with van der Waals surface area (Å²) in [6.07, 6.45) is 1.73. The zero-order valence-electron chi connectivity index (χ0n) is 11.6. The van der Waals surface area contributed by atoms with Crippen LogP contribution in [0.15, 0.2) is 24.3 Å². The fourth-order valence-corrected chi connectivity index (χ4v) is 2.50. The Morgan fingerprint density at radius 1 is 1.45 bits per heavy atom. The van der Waals surface area contributed by atoms with E-state index < -0.39 is 0 Å². The SMILES string of the molecule is Cc1cccc(C(=O)NCC(=O)N2CCC[C@@H]2CO)c1. The van der Waals surface area contributed by atoms with E-state index >= 15 is 0 Å². The molecule has 108 valence electrons. The molecule has 2 rings (SSSR count). The van der Waals surface area contributed by atoms with Crippen molar-refractivity contribution < 1.29 is 14.7 Å². The largest absolute Gasteiger partial charge is 0.394 e. The number of likely N-dealkylation sites (tertiary alicyclic amines) is 1. The molecule has 5 nitrogen and oxygen atoms in total. The number of benzene rings is 1. The molecule has 0 aliphatic carbocycles. The number of carbonyl (C=O) groups excluding carboxylic acids is 2. The summed E-state index contributed by atoms with van der Waals surface area (Å²) in [5, 5.41) is 11.8. The van der Waals surface area contributed by atoms with Crippen LogP contribution >= 0.6 is 0 Å². The first kappa shape index (κ1) is 14.5. The Balaban J connectivity index is 1.88. The Kier molecular flexibility index (Phi) is 4.74. The Morgan fingerprint density at radius 2 is 2.25 bits per heavy atom. The van der Waals surface area contributed by atoms with Gasteiger partial charge >= 0.3 is 0 Å². The first-order valence-electron chi connectivity index (χ1n) is 6.87. The highest BCUT2D eigenvalue weighted by Gasteiger charge is 2.27. The predicted molar refractivity (Wildman–Crippen MR) is 75.3 cm³/mol. The number of hydrogen-bond donors (Lipinski definition) is 2. The average Bonchev–Trinajstić information content (AvgIpc) is 2.92. The maximum atomic E-state index is 12.0. The second kappa shape index (κ2) is 6.52. The number of aliphatic hydroxyl groups excluding tert-OH is 1. The first-order valence-corrected chi connectivity index (χ1v) is 6.87. The number of hydrogen-bond acceptors (Lipinski definition) is 3. The zero-order valence-corrected chi connectivity index (χ0v) is 11.6. The summed E-state index contributed by atoms with van der Waals surface area (Å²) in [5.74, 6) is -0.385. The number of nitrogens with zero attached hydrogens (tertiary/aromatic N) is 1. The molecule has 2 N–H and O–H groups in total. The molecule has 1 fully saturated rings. The lowest BCUT2D eigenvalue weighted by atomic mass is 10.1. The molecule has 0 saturated carbocycles. The standard InChI is InChI=1S/C15H20N2O3/c1-11-4-2-5-12(8-11)15(20)16-9-14(19)17-7-3-6-13(17)10-18/h2,4-5,8,13,18H,3,6-7,9-10H2,1H3,(H,16,20)/t13-/m1/s1. The molecule has 0 spiro atoms. The van der Waals surface area contributed by atoms with Crippen molar-refractivity contribution in [2.45, 2.75) is 25.8 Å². The van der Waals surface area contributed by atoms with Gasteiger partial charge in [0.2, 0.25) is 5.91 Å². The van der Waals surface area contributed by atoms with Crippen molar-refractivity contribution in [1.82, 2.24) is 10.2 Å². The third-order valence-electron chi connectivity index (χ3n) is 3.59. The van der Waals surface area contributed by atoms with Gasteiger partial charge in [-0.3, -0.25) is 9.59 Å². The van der Waals surface area contributed by atoms with Gasteiger partial charge in [0, 0.05) is 12.1 Å². The molecule has 0 bridgehead atoms. The average molecular weight is 276 g/mol. The highest BCUT2D eigenvalue weighted by atomic mass is 16.3. The van der Waals surface area contributed by atoms with Crippen LogP contribution in [-0.2, 0) is 4.79 Å². The number of carbonyl (C=O) groups is 2. The number of aliphatic hydroxyl groups is 1. The van der Waals surface area contributed by atoms with Gasteiger partial charge in [0.1, 0.15) is 0 Å². The van der Waals surface area contributed by atoms with Crippen molar-refractivity contribution in [3.05, 3.63) is 35.4 Å². The highest BCUT2D eigenvalue weighted by molar-refractivity contribution is 5.96. The molecule has 1 aromatic carbocycles. The third kappa shape index (κ3) is 3.36. The predicted octanol–water partition coefficient (Wildman–Crippen LogP) is 0.708. The second-order valence-corrected chi connectivity index (χ2v) is 5.12. The normalized spacial score (nSPS) is 18.1. The van der Waals surface area contributed by atoms with Gasteiger partial charge in [-0.25, -0.2) is 0 Å². The summed E-state index contributed by atoms with van der Waals surface area (Å²) in [4.78, 5) is 25.6. The molecular formula is C15H20N2O3. The number of amides is 2.